The van der Waals surface area contributed by atoms with Gasteiger partial charge in [-0.25, -0.2) is 0 Å². The summed E-state index contributed by atoms with van der Waals surface area (Å²) in [5.74, 6) is -0.461. The maximum absolute atomic E-state index is 12.6. The van der Waals surface area contributed by atoms with E-state index in [1.807, 2.05) is 66.9 Å². The number of para-hydroxylation sites is 1. The van der Waals surface area contributed by atoms with Gasteiger partial charge in [-0.05, 0) is 29.7 Å². The molecule has 0 unspecified atom stereocenters. The second-order valence-electron chi connectivity index (χ2n) is 7.02. The molecule has 0 radical (unpaired) electrons. The van der Waals surface area contributed by atoms with E-state index in [9.17, 15) is 9.59 Å². The summed E-state index contributed by atoms with van der Waals surface area (Å²) in [6.45, 7) is 0.420. The lowest BCUT2D eigenvalue weighted by Gasteiger charge is -2.14. The molecule has 1 aromatic heterocycles. The zero-order valence-corrected chi connectivity index (χ0v) is 18.3. The Hall–Kier alpha value is -3.16. The van der Waals surface area contributed by atoms with Crippen molar-refractivity contribution in [3.8, 4) is 0 Å². The van der Waals surface area contributed by atoms with Crippen LogP contribution in [0.1, 0.15) is 11.1 Å². The van der Waals surface area contributed by atoms with E-state index >= 15 is 0 Å². The fourth-order valence-electron chi connectivity index (χ4n) is 3.34. The molecule has 2 heterocycles. The van der Waals surface area contributed by atoms with Gasteiger partial charge in [0.25, 0.3) is 5.91 Å². The predicted octanol–water partition coefficient (Wildman–Crippen LogP) is 4.28. The third-order valence-electron chi connectivity index (χ3n) is 4.90. The Balaban J connectivity index is 1.29. The number of hydrogen-bond donors (Lipinski definition) is 2. The van der Waals surface area contributed by atoms with Gasteiger partial charge in [0.15, 0.2) is 0 Å². The molecular weight excluding hydrogens is 426 g/mol. The molecule has 1 fully saturated rings. The number of thioether (sulfide) groups is 1. The number of carbonyl (C=O) groups excluding carboxylic acids is 2. The van der Waals surface area contributed by atoms with E-state index in [-0.39, 0.29) is 18.4 Å². The van der Waals surface area contributed by atoms with Gasteiger partial charge in [-0.2, -0.15) is 0 Å². The molecule has 156 valence electrons. The van der Waals surface area contributed by atoms with Gasteiger partial charge in [-0.3, -0.25) is 14.5 Å². The average molecular weight is 448 g/mol. The second-order valence-corrected chi connectivity index (χ2v) is 8.70. The molecular formula is C24H21N3O2S2. The number of amides is 2. The van der Waals surface area contributed by atoms with Crippen LogP contribution < -0.4 is 5.32 Å². The van der Waals surface area contributed by atoms with E-state index in [1.54, 1.807) is 6.08 Å². The van der Waals surface area contributed by atoms with Gasteiger partial charge >= 0.3 is 0 Å². The normalized spacial score (nSPS) is 15.5. The number of nitrogens with zero attached hydrogens (tertiary/aromatic N) is 1. The Morgan fingerprint density at radius 2 is 1.90 bits per heavy atom. The Morgan fingerprint density at radius 1 is 1.13 bits per heavy atom. The van der Waals surface area contributed by atoms with Crippen molar-refractivity contribution >= 4 is 57.1 Å². The smallest absolute Gasteiger partial charge is 0.266 e. The summed E-state index contributed by atoms with van der Waals surface area (Å²) in [4.78, 5) is 30.1. The molecule has 1 aliphatic heterocycles. The van der Waals surface area contributed by atoms with Gasteiger partial charge in [-0.15, -0.1) is 0 Å². The first-order valence-corrected chi connectivity index (χ1v) is 11.1. The van der Waals surface area contributed by atoms with E-state index in [0.717, 1.165) is 22.0 Å². The van der Waals surface area contributed by atoms with Crippen molar-refractivity contribution in [2.45, 2.75) is 6.42 Å². The maximum Gasteiger partial charge on any atom is 0.266 e. The largest absolute Gasteiger partial charge is 0.361 e. The first-order chi connectivity index (χ1) is 15.1. The van der Waals surface area contributed by atoms with Gasteiger partial charge in [0, 0.05) is 23.6 Å². The summed E-state index contributed by atoms with van der Waals surface area (Å²) in [7, 11) is 0. The first-order valence-electron chi connectivity index (χ1n) is 9.90. The topological polar surface area (TPSA) is 65.2 Å². The zero-order chi connectivity index (χ0) is 21.6. The molecule has 4 rings (SSSR count). The molecule has 31 heavy (non-hydrogen) atoms. The van der Waals surface area contributed by atoms with Gasteiger partial charge in [0.1, 0.15) is 10.9 Å². The fourth-order valence-corrected chi connectivity index (χ4v) is 4.54. The minimum atomic E-state index is -0.237. The van der Waals surface area contributed by atoms with Gasteiger partial charge in [0.05, 0.1) is 4.91 Å². The number of rotatable bonds is 7. The summed E-state index contributed by atoms with van der Waals surface area (Å²) in [5.41, 5.74) is 3.27. The van der Waals surface area contributed by atoms with Crippen LogP contribution in [0, 0.1) is 0 Å². The Labute approximate surface area is 190 Å². The summed E-state index contributed by atoms with van der Waals surface area (Å²) in [6, 6.07) is 17.9. The number of fused-ring (bicyclic) bond motifs is 1. The van der Waals surface area contributed by atoms with Crippen molar-refractivity contribution in [1.29, 1.82) is 0 Å². The minimum Gasteiger partial charge on any atom is -0.361 e. The van der Waals surface area contributed by atoms with Crippen LogP contribution in [-0.2, 0) is 16.0 Å². The van der Waals surface area contributed by atoms with E-state index in [2.05, 4.69) is 16.4 Å². The number of hydrogen-bond acceptors (Lipinski definition) is 4. The van der Waals surface area contributed by atoms with E-state index < -0.39 is 0 Å². The molecule has 0 aliphatic carbocycles. The molecule has 2 N–H and O–H groups in total. The van der Waals surface area contributed by atoms with Gasteiger partial charge in [-0.1, -0.05) is 84.7 Å². The molecule has 2 amide bonds. The summed E-state index contributed by atoms with van der Waals surface area (Å²) in [6.07, 6.45) is 8.15. The highest BCUT2D eigenvalue weighted by atomic mass is 32.2. The SMILES string of the molecule is O=C(CN1C(=O)C(=CC=Cc2ccccc2)SC1=S)NCCc1c[nH]c2ccccc12. The lowest BCUT2D eigenvalue weighted by Crippen LogP contribution is -2.40. The van der Waals surface area contributed by atoms with E-state index in [1.165, 1.54) is 16.7 Å². The molecule has 0 atom stereocenters. The van der Waals surface area contributed by atoms with E-state index in [0.29, 0.717) is 22.2 Å². The predicted molar refractivity (Wildman–Crippen MR) is 130 cm³/mol. The average Bonchev–Trinajstić information content (AvgIpc) is 3.31. The quantitative estimate of drug-likeness (QED) is 0.419. The van der Waals surface area contributed by atoms with Crippen molar-refractivity contribution in [1.82, 2.24) is 15.2 Å². The standard InChI is InChI=1S/C24H21N3O2S2/c28-22(25-14-13-18-15-26-20-11-5-4-10-19(18)20)16-27-23(29)21(31-24(27)30)12-6-9-17-7-2-1-3-8-17/h1-12,15,26H,13-14,16H2,(H,25,28). The Kier molecular flexibility index (Phi) is 6.64. The van der Waals surface area contributed by atoms with E-state index in [4.69, 9.17) is 12.2 Å². The number of carbonyl (C=O) groups is 2. The Morgan fingerprint density at radius 3 is 2.74 bits per heavy atom. The molecule has 3 aromatic rings. The van der Waals surface area contributed by atoms with Crippen molar-refractivity contribution in [2.24, 2.45) is 0 Å². The number of aromatic nitrogens is 1. The van der Waals surface area contributed by atoms with Crippen molar-refractivity contribution in [3.63, 3.8) is 0 Å². The molecule has 0 saturated carbocycles. The van der Waals surface area contributed by atoms with Crippen molar-refractivity contribution in [3.05, 3.63) is 89.0 Å². The summed E-state index contributed by atoms with van der Waals surface area (Å²) >= 11 is 6.52. The third kappa shape index (κ3) is 5.13. The molecule has 0 spiro atoms. The van der Waals surface area contributed by atoms with Crippen LogP contribution in [0.15, 0.2) is 77.9 Å². The molecule has 0 bridgehead atoms. The van der Waals surface area contributed by atoms with Gasteiger partial charge < -0.3 is 10.3 Å². The maximum atomic E-state index is 12.6. The zero-order valence-electron chi connectivity index (χ0n) is 16.7. The number of benzene rings is 2. The van der Waals surface area contributed by atoms with Gasteiger partial charge in [0.2, 0.25) is 5.91 Å². The van der Waals surface area contributed by atoms with Crippen LogP contribution in [0.2, 0.25) is 0 Å². The lowest BCUT2D eigenvalue weighted by atomic mass is 10.1. The van der Waals surface area contributed by atoms with Crippen LogP contribution in [-0.4, -0.2) is 39.1 Å². The second kappa shape index (κ2) is 9.76. The summed E-state index contributed by atoms with van der Waals surface area (Å²) < 4.78 is 0.399. The highest BCUT2D eigenvalue weighted by molar-refractivity contribution is 8.26. The molecule has 1 aliphatic rings. The molecule has 2 aromatic carbocycles. The van der Waals surface area contributed by atoms with Crippen LogP contribution in [0.3, 0.4) is 0 Å². The monoisotopic (exact) mass is 447 g/mol. The highest BCUT2D eigenvalue weighted by Gasteiger charge is 2.32. The minimum absolute atomic E-state index is 0.0711. The highest BCUT2D eigenvalue weighted by Crippen LogP contribution is 2.30. The summed E-state index contributed by atoms with van der Waals surface area (Å²) in [5, 5.41) is 4.04. The fraction of sp³-hybridized carbons (Fsp3) is 0.125. The number of allylic oxidation sites excluding steroid dienone is 2. The van der Waals surface area contributed by atoms with Crippen LogP contribution in [0.25, 0.3) is 17.0 Å². The van der Waals surface area contributed by atoms with Crippen LogP contribution in [0.4, 0.5) is 0 Å². The van der Waals surface area contributed by atoms with Crippen molar-refractivity contribution < 1.29 is 9.59 Å². The molecule has 1 saturated heterocycles. The van der Waals surface area contributed by atoms with Crippen LogP contribution >= 0.6 is 24.0 Å². The number of aromatic amines is 1. The number of thiocarbonyl (C=S) groups is 1. The number of H-pyrrole nitrogens is 1. The first kappa shape index (κ1) is 21.1. The third-order valence-corrected chi connectivity index (χ3v) is 6.30. The molecule has 5 nitrogen and oxygen atoms in total. The molecule has 7 heteroatoms. The lowest BCUT2D eigenvalue weighted by molar-refractivity contribution is -0.128. The Bertz CT molecular complexity index is 1180. The van der Waals surface area contributed by atoms with Crippen molar-refractivity contribution in [2.75, 3.05) is 13.1 Å². The number of nitrogens with one attached hydrogen (secondary N) is 2. The van der Waals surface area contributed by atoms with Crippen LogP contribution in [0.5, 0.6) is 0 Å².